The highest BCUT2D eigenvalue weighted by Crippen LogP contribution is 2.33. The lowest BCUT2D eigenvalue weighted by atomic mass is 9.88. The fraction of sp³-hybridized carbons (Fsp3) is 0.381. The van der Waals surface area contributed by atoms with Gasteiger partial charge in [-0.1, -0.05) is 24.3 Å². The second-order valence-corrected chi connectivity index (χ2v) is 9.99. The predicted molar refractivity (Wildman–Crippen MR) is 115 cm³/mol. The van der Waals surface area contributed by atoms with E-state index in [2.05, 4.69) is 4.72 Å². The zero-order chi connectivity index (χ0) is 20.6. The highest BCUT2D eigenvalue weighted by molar-refractivity contribution is 7.89. The van der Waals surface area contributed by atoms with Gasteiger partial charge < -0.3 is 4.74 Å². The van der Waals surface area contributed by atoms with Crippen molar-refractivity contribution in [2.45, 2.75) is 50.1 Å². The molecule has 1 unspecified atom stereocenters. The molecule has 1 aliphatic rings. The normalized spacial score (nSPS) is 16.7. The van der Waals surface area contributed by atoms with Crippen molar-refractivity contribution in [3.8, 4) is 5.75 Å². The van der Waals surface area contributed by atoms with Crippen molar-refractivity contribution in [1.82, 2.24) is 9.29 Å². The Kier molecular flexibility index (Phi) is 5.50. The number of rotatable bonds is 6. The van der Waals surface area contributed by atoms with Gasteiger partial charge in [0.15, 0.2) is 0 Å². The minimum absolute atomic E-state index is 0.0560. The topological polar surface area (TPSA) is 77.4 Å². The maximum atomic E-state index is 13.1. The molecule has 0 radical (unpaired) electrons. The minimum Gasteiger partial charge on any atom is -0.497 e. The van der Waals surface area contributed by atoms with Crippen LogP contribution in [0, 0.1) is 0 Å². The average Bonchev–Trinajstić information content (AvgIpc) is 3.02. The van der Waals surface area contributed by atoms with Crippen LogP contribution in [0.25, 0.3) is 10.2 Å². The summed E-state index contributed by atoms with van der Waals surface area (Å²) < 4.78 is 36.7. The standard InChI is InChI=1S/C21H24N2O4S2/c1-3-11-23-19-10-8-16(13-20(19)28-21(23)24)29(25,26)22-18-6-4-5-14-12-15(27-2)7-9-17(14)18/h7-10,12-13,18,22H,3-6,11H2,1-2H3. The quantitative estimate of drug-likeness (QED) is 0.642. The van der Waals surface area contributed by atoms with Crippen molar-refractivity contribution in [3.05, 3.63) is 57.2 Å². The third-order valence-electron chi connectivity index (χ3n) is 5.36. The summed E-state index contributed by atoms with van der Waals surface area (Å²) >= 11 is 1.09. The lowest BCUT2D eigenvalue weighted by Gasteiger charge is -2.26. The molecule has 1 aromatic heterocycles. The molecule has 0 bridgehead atoms. The van der Waals surface area contributed by atoms with Crippen molar-refractivity contribution in [2.24, 2.45) is 0 Å². The van der Waals surface area contributed by atoms with Gasteiger partial charge in [0.25, 0.3) is 0 Å². The minimum atomic E-state index is -3.71. The fourth-order valence-corrected chi connectivity index (χ4v) is 6.25. The van der Waals surface area contributed by atoms with Gasteiger partial charge in [0.2, 0.25) is 10.0 Å². The first kappa shape index (κ1) is 20.1. The van der Waals surface area contributed by atoms with E-state index in [1.165, 1.54) is 0 Å². The van der Waals surface area contributed by atoms with Crippen LogP contribution in [0.15, 0.2) is 46.1 Å². The molecule has 6 nitrogen and oxygen atoms in total. The Hall–Kier alpha value is -2.16. The Morgan fingerprint density at radius 2 is 2.07 bits per heavy atom. The second-order valence-electron chi connectivity index (χ2n) is 7.28. The number of hydrogen-bond acceptors (Lipinski definition) is 5. The molecule has 1 atom stereocenters. The number of nitrogens with one attached hydrogen (secondary N) is 1. The van der Waals surface area contributed by atoms with Gasteiger partial charge in [-0.25, -0.2) is 13.1 Å². The Bertz CT molecular complexity index is 1210. The van der Waals surface area contributed by atoms with Gasteiger partial charge >= 0.3 is 4.87 Å². The van der Waals surface area contributed by atoms with Crippen LogP contribution in [0.2, 0.25) is 0 Å². The molecular formula is C21H24N2O4S2. The van der Waals surface area contributed by atoms with Crippen molar-refractivity contribution in [3.63, 3.8) is 0 Å². The molecule has 0 saturated carbocycles. The van der Waals surface area contributed by atoms with Crippen LogP contribution in [0.4, 0.5) is 0 Å². The molecule has 0 saturated heterocycles. The number of methoxy groups -OCH3 is 1. The van der Waals surface area contributed by atoms with Gasteiger partial charge in [0.1, 0.15) is 5.75 Å². The molecular weight excluding hydrogens is 408 g/mol. The highest BCUT2D eigenvalue weighted by atomic mass is 32.2. The molecule has 1 aliphatic carbocycles. The number of sulfonamides is 1. The first-order chi connectivity index (χ1) is 13.9. The lowest BCUT2D eigenvalue weighted by Crippen LogP contribution is -2.31. The Labute approximate surface area is 174 Å². The Balaban J connectivity index is 1.66. The molecule has 0 aliphatic heterocycles. The van der Waals surface area contributed by atoms with Crippen LogP contribution >= 0.6 is 11.3 Å². The van der Waals surface area contributed by atoms with E-state index in [4.69, 9.17) is 4.74 Å². The van der Waals surface area contributed by atoms with Gasteiger partial charge in [-0.05, 0) is 67.1 Å². The zero-order valence-corrected chi connectivity index (χ0v) is 18.1. The maximum Gasteiger partial charge on any atom is 0.308 e. The summed E-state index contributed by atoms with van der Waals surface area (Å²) in [5, 5.41) is 0. The summed E-state index contributed by atoms with van der Waals surface area (Å²) in [6.07, 6.45) is 3.42. The summed E-state index contributed by atoms with van der Waals surface area (Å²) in [5.41, 5.74) is 2.91. The third-order valence-corrected chi connectivity index (χ3v) is 7.77. The zero-order valence-electron chi connectivity index (χ0n) is 16.5. The molecule has 29 heavy (non-hydrogen) atoms. The van der Waals surface area contributed by atoms with E-state index in [-0.39, 0.29) is 15.8 Å². The first-order valence-electron chi connectivity index (χ1n) is 9.75. The molecule has 3 aromatic rings. The van der Waals surface area contributed by atoms with Crippen LogP contribution in [-0.2, 0) is 23.0 Å². The van der Waals surface area contributed by atoms with E-state index in [1.54, 1.807) is 29.9 Å². The molecule has 1 N–H and O–H groups in total. The average molecular weight is 433 g/mol. The molecule has 1 heterocycles. The monoisotopic (exact) mass is 432 g/mol. The fourth-order valence-electron chi connectivity index (χ4n) is 3.94. The number of thiazole rings is 1. The summed E-state index contributed by atoms with van der Waals surface area (Å²) in [6, 6.07) is 10.4. The smallest absolute Gasteiger partial charge is 0.308 e. The van der Waals surface area contributed by atoms with Crippen molar-refractivity contribution >= 4 is 31.6 Å². The van der Waals surface area contributed by atoms with Crippen molar-refractivity contribution < 1.29 is 13.2 Å². The number of aromatic nitrogens is 1. The molecule has 0 spiro atoms. The summed E-state index contributed by atoms with van der Waals surface area (Å²) in [4.78, 5) is 12.3. The van der Waals surface area contributed by atoms with Crippen LogP contribution in [0.3, 0.4) is 0 Å². The molecule has 0 amide bonds. The summed E-state index contributed by atoms with van der Waals surface area (Å²) in [5.74, 6) is 0.782. The Morgan fingerprint density at radius 1 is 1.24 bits per heavy atom. The number of hydrogen-bond donors (Lipinski definition) is 1. The third kappa shape index (κ3) is 3.84. The summed E-state index contributed by atoms with van der Waals surface area (Å²) in [7, 11) is -2.08. The molecule has 4 rings (SSSR count). The number of benzene rings is 2. The lowest BCUT2D eigenvalue weighted by molar-refractivity contribution is 0.412. The van der Waals surface area contributed by atoms with Gasteiger partial charge in [0.05, 0.1) is 22.2 Å². The van der Waals surface area contributed by atoms with E-state index in [0.717, 1.165) is 59.4 Å². The van der Waals surface area contributed by atoms with Crippen LogP contribution < -0.4 is 14.3 Å². The van der Waals surface area contributed by atoms with Gasteiger partial charge in [-0.2, -0.15) is 0 Å². The van der Waals surface area contributed by atoms with Gasteiger partial charge in [0, 0.05) is 12.6 Å². The molecule has 8 heteroatoms. The second kappa shape index (κ2) is 7.93. The van der Waals surface area contributed by atoms with Crippen LogP contribution in [-0.4, -0.2) is 20.1 Å². The number of nitrogens with zero attached hydrogens (tertiary/aromatic N) is 1. The van der Waals surface area contributed by atoms with E-state index >= 15 is 0 Å². The Morgan fingerprint density at radius 3 is 2.83 bits per heavy atom. The van der Waals surface area contributed by atoms with Crippen LogP contribution in [0.1, 0.15) is 43.4 Å². The highest BCUT2D eigenvalue weighted by Gasteiger charge is 2.26. The molecule has 0 fully saturated rings. The van der Waals surface area contributed by atoms with E-state index in [9.17, 15) is 13.2 Å². The van der Waals surface area contributed by atoms with E-state index < -0.39 is 10.0 Å². The maximum absolute atomic E-state index is 13.1. The SMILES string of the molecule is CCCn1c(=O)sc2cc(S(=O)(=O)NC3CCCc4cc(OC)ccc43)ccc21. The van der Waals surface area contributed by atoms with E-state index in [0.29, 0.717) is 11.2 Å². The molecule has 2 aromatic carbocycles. The number of aryl methyl sites for hydroxylation is 2. The number of fused-ring (bicyclic) bond motifs is 2. The number of ether oxygens (including phenoxy) is 1. The van der Waals surface area contributed by atoms with Gasteiger partial charge in [-0.3, -0.25) is 9.36 Å². The van der Waals surface area contributed by atoms with Crippen molar-refractivity contribution in [2.75, 3.05) is 7.11 Å². The summed E-state index contributed by atoms with van der Waals surface area (Å²) in [6.45, 7) is 2.64. The van der Waals surface area contributed by atoms with Crippen LogP contribution in [0.5, 0.6) is 5.75 Å². The van der Waals surface area contributed by atoms with Gasteiger partial charge in [-0.15, -0.1) is 0 Å². The van der Waals surface area contributed by atoms with E-state index in [1.807, 2.05) is 25.1 Å². The van der Waals surface area contributed by atoms with Crippen molar-refractivity contribution in [1.29, 1.82) is 0 Å². The largest absolute Gasteiger partial charge is 0.497 e. The molecule has 154 valence electrons. The first-order valence-corrected chi connectivity index (χ1v) is 12.1. The predicted octanol–water partition coefficient (Wildman–Crippen LogP) is 3.84.